The lowest BCUT2D eigenvalue weighted by Gasteiger charge is -2.11. The van der Waals surface area contributed by atoms with E-state index in [0.717, 1.165) is 66.6 Å². The fourth-order valence-corrected chi connectivity index (χ4v) is 8.99. The van der Waals surface area contributed by atoms with Crippen molar-refractivity contribution < 1.29 is 14.7 Å². The lowest BCUT2D eigenvalue weighted by molar-refractivity contribution is 0.0691. The first-order chi connectivity index (χ1) is 34.0. The van der Waals surface area contributed by atoms with Gasteiger partial charge in [-0.3, -0.25) is 24.1 Å². The number of anilines is 2. The minimum atomic E-state index is -1.15. The number of carboxylic acids is 1. The summed E-state index contributed by atoms with van der Waals surface area (Å²) >= 11 is 24.6. The van der Waals surface area contributed by atoms with Gasteiger partial charge in [-0.2, -0.15) is 10.2 Å². The van der Waals surface area contributed by atoms with E-state index in [1.54, 1.807) is 46.2 Å². The van der Waals surface area contributed by atoms with E-state index < -0.39 is 5.97 Å². The van der Waals surface area contributed by atoms with Crippen LogP contribution in [0, 0.1) is 27.7 Å². The number of carboxylic acid groups (broad SMARTS) is 1. The third kappa shape index (κ3) is 11.1. The van der Waals surface area contributed by atoms with Crippen LogP contribution in [0.1, 0.15) is 65.7 Å². The molecule has 0 aliphatic carbocycles. The molecule has 21 heteroatoms. The highest BCUT2D eigenvalue weighted by molar-refractivity contribution is 6.36. The summed E-state index contributed by atoms with van der Waals surface area (Å²) in [6, 6.07) is 22.5. The van der Waals surface area contributed by atoms with Crippen molar-refractivity contribution in [1.82, 2.24) is 54.8 Å². The first-order valence-electron chi connectivity index (χ1n) is 21.7. The molecule has 8 heterocycles. The highest BCUT2D eigenvalue weighted by Gasteiger charge is 2.22. The molecule has 2 aromatic carbocycles. The normalized spacial score (nSPS) is 11.1. The molecule has 0 atom stereocenters. The smallest absolute Gasteiger partial charge is 0.357 e. The molecule has 10 aromatic rings. The number of nitrogens with two attached hydrogens (primary N) is 3. The van der Waals surface area contributed by atoms with Crippen molar-refractivity contribution in [2.45, 2.75) is 53.9 Å². The number of pyridine rings is 6. The maximum atomic E-state index is 13.2. The number of nitrogens with zero attached hydrogens (tertiary/aromatic N) is 10. The number of nitrogens with one attached hydrogen (secondary N) is 1. The van der Waals surface area contributed by atoms with Crippen LogP contribution in [-0.2, 0) is 26.2 Å². The third-order valence-electron chi connectivity index (χ3n) is 11.5. The molecule has 10 rings (SSSR count). The van der Waals surface area contributed by atoms with Gasteiger partial charge in [0.05, 0.1) is 56.0 Å². The van der Waals surface area contributed by atoms with Crippen LogP contribution in [0.4, 0.5) is 11.6 Å². The Hall–Kier alpha value is -7.54. The zero-order valence-corrected chi connectivity index (χ0v) is 41.6. The van der Waals surface area contributed by atoms with Gasteiger partial charge in [0.25, 0.3) is 5.91 Å². The van der Waals surface area contributed by atoms with Crippen LogP contribution in [0.2, 0.25) is 20.4 Å². The highest BCUT2D eigenvalue weighted by Crippen LogP contribution is 2.29. The van der Waals surface area contributed by atoms with Gasteiger partial charge < -0.3 is 27.6 Å². The number of aromatic nitrogens is 10. The second-order valence-electron chi connectivity index (χ2n) is 16.4. The molecule has 0 radical (unpaired) electrons. The number of hydrogen-bond acceptors (Lipinski definition) is 13. The van der Waals surface area contributed by atoms with E-state index in [1.807, 2.05) is 82.3 Å². The summed E-state index contributed by atoms with van der Waals surface area (Å²) in [5.41, 5.74) is 27.7. The van der Waals surface area contributed by atoms with Crippen molar-refractivity contribution in [1.29, 1.82) is 0 Å². The second-order valence-corrected chi connectivity index (χ2v) is 18.0. The fraction of sp³-hybridized carbons (Fsp3) is 0.160. The van der Waals surface area contributed by atoms with Gasteiger partial charge in [-0.05, 0) is 122 Å². The number of amides is 1. The molecular weight excluding hydrogens is 986 g/mol. The molecule has 0 aliphatic rings. The van der Waals surface area contributed by atoms with E-state index in [4.69, 9.17) is 63.6 Å². The van der Waals surface area contributed by atoms with Gasteiger partial charge in [-0.25, -0.2) is 24.7 Å². The van der Waals surface area contributed by atoms with Crippen LogP contribution in [0.15, 0.2) is 97.6 Å². The molecule has 1 amide bonds. The monoisotopic (exact) mass is 1030 g/mol. The number of hydrogen-bond donors (Lipinski definition) is 5. The number of rotatable bonds is 9. The minimum absolute atomic E-state index is 0.112. The number of nitrogen functional groups attached to an aromatic ring is 2. The Morgan fingerprint density at radius 3 is 1.55 bits per heavy atom. The summed E-state index contributed by atoms with van der Waals surface area (Å²) in [6.45, 7) is 9.34. The lowest BCUT2D eigenvalue weighted by Crippen LogP contribution is -2.25. The van der Waals surface area contributed by atoms with E-state index in [2.05, 4.69) is 45.4 Å². The molecule has 17 nitrogen and oxygen atoms in total. The number of halogens is 4. The largest absolute Gasteiger partial charge is 0.476 e. The summed E-state index contributed by atoms with van der Waals surface area (Å²) in [6.07, 6.45) is 6.34. The minimum Gasteiger partial charge on any atom is -0.476 e. The SMILES string of the molecule is Cc1cc(N)nc(C)c1CN.Cc1cc(N)nc(C)c1CNC(=O)c1nn(Cc2ccc3ncc(Cl)cc3c2)c2ccnc(Cl)c12.O=C(O)c1nn(Cc2ccc3ncc(Cl)cc3c2)c2ccnc(Cl)c12. The van der Waals surface area contributed by atoms with Gasteiger partial charge in [0, 0.05) is 60.0 Å². The van der Waals surface area contributed by atoms with Crippen molar-refractivity contribution in [3.8, 4) is 0 Å². The standard InChI is InChI=1S/C25H21Cl2N7O.C17H10Cl2N4O2.C8H13N3/c1-13-7-21(28)32-14(2)18(13)11-31-25(35)23-22-20(5-6-29-24(22)27)34(33-23)12-15-3-4-19-16(8-15)9-17(26)10-30-19;18-11-6-10-5-9(1-2-12(10)21-7-11)8-23-13-3-4-20-16(19)14(13)15(22-23)17(24)25;1-5-3-8(10)11-6(2)7(5)4-9/h3-10H,11-12H2,1-2H3,(H2,28,32)(H,31,35);1-7H,8H2,(H,24,25);3H,4,9H2,1-2H3,(H2,10,11). The van der Waals surface area contributed by atoms with E-state index in [0.29, 0.717) is 63.1 Å². The van der Waals surface area contributed by atoms with E-state index in [9.17, 15) is 14.7 Å². The van der Waals surface area contributed by atoms with Crippen LogP contribution in [-0.4, -0.2) is 66.4 Å². The molecule has 360 valence electrons. The Morgan fingerprint density at radius 2 is 1.08 bits per heavy atom. The Morgan fingerprint density at radius 1 is 0.620 bits per heavy atom. The number of aryl methyl sites for hydroxylation is 4. The number of benzene rings is 2. The summed E-state index contributed by atoms with van der Waals surface area (Å²) in [7, 11) is 0. The highest BCUT2D eigenvalue weighted by atomic mass is 35.5. The summed E-state index contributed by atoms with van der Waals surface area (Å²) in [4.78, 5) is 49.8. The molecule has 0 saturated carbocycles. The van der Waals surface area contributed by atoms with Crippen LogP contribution in [0.3, 0.4) is 0 Å². The number of fused-ring (bicyclic) bond motifs is 4. The first kappa shape index (κ1) is 49.9. The van der Waals surface area contributed by atoms with E-state index in [1.165, 1.54) is 6.20 Å². The van der Waals surface area contributed by atoms with E-state index >= 15 is 0 Å². The van der Waals surface area contributed by atoms with Gasteiger partial charge in [-0.1, -0.05) is 58.5 Å². The molecule has 0 fully saturated rings. The van der Waals surface area contributed by atoms with Crippen molar-refractivity contribution in [3.05, 3.63) is 174 Å². The van der Waals surface area contributed by atoms with E-state index in [-0.39, 0.29) is 34.1 Å². The van der Waals surface area contributed by atoms with Crippen LogP contribution >= 0.6 is 46.4 Å². The first-order valence-corrected chi connectivity index (χ1v) is 23.3. The number of carbonyl (C=O) groups is 2. The van der Waals surface area contributed by atoms with Crippen LogP contribution in [0.25, 0.3) is 43.6 Å². The quantitative estimate of drug-likeness (QED) is 0.0844. The Kier molecular flexibility index (Phi) is 14.9. The summed E-state index contributed by atoms with van der Waals surface area (Å²) in [5, 5.41) is 25.2. The van der Waals surface area contributed by atoms with Crippen molar-refractivity contribution >= 4 is 114 Å². The van der Waals surface area contributed by atoms with Crippen molar-refractivity contribution in [3.63, 3.8) is 0 Å². The fourth-order valence-electron chi connectivity index (χ4n) is 8.18. The van der Waals surface area contributed by atoms with Gasteiger partial charge in [0.2, 0.25) is 0 Å². The summed E-state index contributed by atoms with van der Waals surface area (Å²) in [5.74, 6) is -0.483. The molecule has 71 heavy (non-hydrogen) atoms. The molecular formula is C50H44Cl4N14O3. The molecule has 8 aromatic heterocycles. The van der Waals surface area contributed by atoms with Gasteiger partial charge in [0.15, 0.2) is 11.4 Å². The van der Waals surface area contributed by atoms with Crippen molar-refractivity contribution in [2.24, 2.45) is 5.73 Å². The Labute approximate surface area is 426 Å². The Balaban J connectivity index is 0.000000163. The Bertz CT molecular complexity index is 3650. The molecule has 8 N–H and O–H groups in total. The average molecular weight is 1030 g/mol. The zero-order valence-electron chi connectivity index (χ0n) is 38.5. The van der Waals surface area contributed by atoms with Gasteiger partial charge in [-0.15, -0.1) is 0 Å². The van der Waals surface area contributed by atoms with Crippen LogP contribution < -0.4 is 22.5 Å². The number of carbonyl (C=O) groups excluding carboxylic acids is 1. The predicted molar refractivity (Wildman–Crippen MR) is 279 cm³/mol. The molecule has 0 spiro atoms. The molecule has 0 bridgehead atoms. The molecule has 0 saturated heterocycles. The average Bonchev–Trinajstić information content (AvgIpc) is 3.88. The maximum Gasteiger partial charge on any atom is 0.357 e. The van der Waals surface area contributed by atoms with Gasteiger partial charge >= 0.3 is 5.97 Å². The van der Waals surface area contributed by atoms with Crippen LogP contribution in [0.5, 0.6) is 0 Å². The molecule has 0 unspecified atom stereocenters. The lowest BCUT2D eigenvalue weighted by atomic mass is 10.1. The third-order valence-corrected chi connectivity index (χ3v) is 12.5. The second kappa shape index (κ2) is 21.2. The number of aromatic carboxylic acids is 1. The summed E-state index contributed by atoms with van der Waals surface area (Å²) < 4.78 is 3.35. The maximum absolute atomic E-state index is 13.2. The topological polar surface area (TPSA) is 257 Å². The van der Waals surface area contributed by atoms with Gasteiger partial charge in [0.1, 0.15) is 21.9 Å². The molecule has 0 aliphatic heterocycles. The zero-order chi connectivity index (χ0) is 50.7. The van der Waals surface area contributed by atoms with Crippen molar-refractivity contribution in [2.75, 3.05) is 11.5 Å². The predicted octanol–water partition coefficient (Wildman–Crippen LogP) is 9.63.